The van der Waals surface area contributed by atoms with Crippen LogP contribution in [-0.2, 0) is 30.3 Å². The topological polar surface area (TPSA) is 191 Å². The van der Waals surface area contributed by atoms with Crippen molar-refractivity contribution in [2.45, 2.75) is 44.8 Å². The van der Waals surface area contributed by atoms with E-state index in [0.29, 0.717) is 5.56 Å². The summed E-state index contributed by atoms with van der Waals surface area (Å²) >= 11 is 0. The van der Waals surface area contributed by atoms with E-state index in [1.165, 1.54) is 31.2 Å². The monoisotopic (exact) mass is 571 g/mol. The maximum absolute atomic E-state index is 13.1. The second-order valence-corrected chi connectivity index (χ2v) is 10.3. The van der Waals surface area contributed by atoms with Gasteiger partial charge in [-0.2, -0.15) is 0 Å². The van der Waals surface area contributed by atoms with Crippen molar-refractivity contribution in [1.29, 1.82) is 0 Å². The number of carboxylic acids is 1. The molecule has 0 spiro atoms. The summed E-state index contributed by atoms with van der Waals surface area (Å²) in [5.74, 6) is -4.22. The fraction of sp³-hybridized carbons (Fsp3) is 0.259. The van der Waals surface area contributed by atoms with Crippen LogP contribution in [0.4, 0.5) is 0 Å². The fourth-order valence-corrected chi connectivity index (χ4v) is 4.53. The van der Waals surface area contributed by atoms with Crippen LogP contribution in [-0.4, -0.2) is 50.7 Å². The molecular weight excluding hydrogens is 541 g/mol. The summed E-state index contributed by atoms with van der Waals surface area (Å²) in [6, 6.07) is 15.8. The van der Waals surface area contributed by atoms with Gasteiger partial charge in [0.1, 0.15) is 11.8 Å². The Bertz CT molecular complexity index is 1430. The number of fused-ring (bicyclic) bond motifs is 1. The number of phosphoric ester groups is 1. The van der Waals surface area contributed by atoms with E-state index in [-0.39, 0.29) is 12.3 Å². The van der Waals surface area contributed by atoms with Crippen molar-refractivity contribution in [3.8, 4) is 5.75 Å². The zero-order valence-electron chi connectivity index (χ0n) is 21.7. The van der Waals surface area contributed by atoms with Crippen molar-refractivity contribution >= 4 is 42.3 Å². The van der Waals surface area contributed by atoms with Gasteiger partial charge >= 0.3 is 13.8 Å². The zero-order valence-corrected chi connectivity index (χ0v) is 22.6. The predicted molar refractivity (Wildman–Crippen MR) is 145 cm³/mol. The van der Waals surface area contributed by atoms with Gasteiger partial charge in [-0.05, 0) is 41.0 Å². The number of hydrogen-bond acceptors (Lipinski definition) is 6. The van der Waals surface area contributed by atoms with E-state index >= 15 is 0 Å². The summed E-state index contributed by atoms with van der Waals surface area (Å²) < 4.78 is 15.5. The van der Waals surface area contributed by atoms with E-state index < -0.39 is 55.9 Å². The molecule has 3 amide bonds. The average molecular weight is 572 g/mol. The van der Waals surface area contributed by atoms with Crippen LogP contribution in [0, 0.1) is 0 Å². The van der Waals surface area contributed by atoms with Gasteiger partial charge in [-0.1, -0.05) is 54.6 Å². The molecule has 0 aromatic heterocycles. The normalized spacial score (nSPS) is 13.5. The van der Waals surface area contributed by atoms with E-state index in [1.807, 2.05) is 42.5 Å². The maximum atomic E-state index is 13.1. The van der Waals surface area contributed by atoms with Crippen LogP contribution in [0.1, 0.15) is 37.3 Å². The van der Waals surface area contributed by atoms with Gasteiger partial charge in [0.15, 0.2) is 0 Å². The van der Waals surface area contributed by atoms with E-state index in [0.717, 1.165) is 23.3 Å². The van der Waals surface area contributed by atoms with Gasteiger partial charge in [-0.15, -0.1) is 0 Å². The molecule has 13 heteroatoms. The molecule has 3 aromatic rings. The average Bonchev–Trinajstić information content (AvgIpc) is 2.89. The minimum absolute atomic E-state index is 0.109. The number of rotatable bonds is 12. The quantitative estimate of drug-likeness (QED) is 0.177. The number of carboxylic acid groups (broad SMARTS) is 1. The van der Waals surface area contributed by atoms with E-state index in [1.54, 1.807) is 0 Å². The summed E-state index contributed by atoms with van der Waals surface area (Å²) in [5, 5.41) is 19.3. The van der Waals surface area contributed by atoms with Gasteiger partial charge in [0.25, 0.3) is 0 Å². The molecule has 12 nitrogen and oxygen atoms in total. The molecule has 0 fully saturated rings. The Labute approximate surface area is 230 Å². The Morgan fingerprint density at radius 2 is 1.57 bits per heavy atom. The zero-order chi connectivity index (χ0) is 29.4. The van der Waals surface area contributed by atoms with Gasteiger partial charge in [0.2, 0.25) is 17.7 Å². The summed E-state index contributed by atoms with van der Waals surface area (Å²) in [4.78, 5) is 67.5. The van der Waals surface area contributed by atoms with Crippen molar-refractivity contribution in [2.75, 3.05) is 0 Å². The largest absolute Gasteiger partial charge is 0.524 e. The van der Waals surface area contributed by atoms with Crippen molar-refractivity contribution < 1.29 is 43.2 Å². The van der Waals surface area contributed by atoms with Crippen molar-refractivity contribution in [1.82, 2.24) is 16.0 Å². The minimum Gasteiger partial charge on any atom is -0.480 e. The third kappa shape index (κ3) is 8.63. The highest BCUT2D eigenvalue weighted by molar-refractivity contribution is 7.46. The molecule has 40 heavy (non-hydrogen) atoms. The number of aliphatic carboxylic acids is 1. The number of nitrogens with one attached hydrogen (secondary N) is 3. The van der Waals surface area contributed by atoms with Crippen molar-refractivity contribution in [2.24, 2.45) is 0 Å². The lowest BCUT2D eigenvalue weighted by Crippen LogP contribution is -2.57. The molecule has 0 radical (unpaired) electrons. The first-order chi connectivity index (χ1) is 18.8. The van der Waals surface area contributed by atoms with Gasteiger partial charge in [-0.25, -0.2) is 9.36 Å². The first-order valence-electron chi connectivity index (χ1n) is 12.2. The SMILES string of the molecule is CC(=O)NC(C(=O)O)C(CC(=O)NCc1cccc2ccccc12)NC(=O)C(C)c1ccc(OP(=O)(O)O)cc1. The Morgan fingerprint density at radius 3 is 2.20 bits per heavy atom. The lowest BCUT2D eigenvalue weighted by atomic mass is 9.97. The molecule has 0 bridgehead atoms. The third-order valence-corrected chi connectivity index (χ3v) is 6.56. The summed E-state index contributed by atoms with van der Waals surface area (Å²) in [5.41, 5.74) is 1.28. The Morgan fingerprint density at radius 1 is 0.925 bits per heavy atom. The van der Waals surface area contributed by atoms with Crippen LogP contribution in [0.15, 0.2) is 66.7 Å². The molecule has 0 aliphatic rings. The Kier molecular flexibility index (Phi) is 10.0. The van der Waals surface area contributed by atoms with Crippen molar-refractivity contribution in [3.63, 3.8) is 0 Å². The summed E-state index contributed by atoms with van der Waals surface area (Å²) in [6.45, 7) is 2.82. The molecule has 0 heterocycles. The molecule has 6 N–H and O–H groups in total. The highest BCUT2D eigenvalue weighted by atomic mass is 31.2. The predicted octanol–water partition coefficient (Wildman–Crippen LogP) is 2.20. The smallest absolute Gasteiger partial charge is 0.480 e. The molecule has 0 saturated carbocycles. The number of hydrogen-bond donors (Lipinski definition) is 6. The maximum Gasteiger partial charge on any atom is 0.524 e. The van der Waals surface area contributed by atoms with Gasteiger partial charge in [0, 0.05) is 19.9 Å². The highest BCUT2D eigenvalue weighted by Gasteiger charge is 2.33. The number of benzene rings is 3. The van der Waals surface area contributed by atoms with Crippen LogP contribution in [0.25, 0.3) is 10.8 Å². The minimum atomic E-state index is -4.76. The fourth-order valence-electron chi connectivity index (χ4n) is 4.13. The number of carbonyl (C=O) groups is 4. The molecule has 3 aromatic carbocycles. The van der Waals surface area contributed by atoms with Crippen LogP contribution >= 0.6 is 7.82 Å². The molecule has 0 aliphatic heterocycles. The van der Waals surface area contributed by atoms with Crippen LogP contribution in [0.3, 0.4) is 0 Å². The van der Waals surface area contributed by atoms with Gasteiger partial charge in [0.05, 0.1) is 12.0 Å². The van der Waals surface area contributed by atoms with E-state index in [4.69, 9.17) is 9.79 Å². The van der Waals surface area contributed by atoms with Crippen LogP contribution < -0.4 is 20.5 Å². The van der Waals surface area contributed by atoms with Crippen LogP contribution in [0.5, 0.6) is 5.75 Å². The molecule has 0 aliphatic carbocycles. The highest BCUT2D eigenvalue weighted by Crippen LogP contribution is 2.37. The Balaban J connectivity index is 1.74. The summed E-state index contributed by atoms with van der Waals surface area (Å²) in [6.07, 6.45) is -0.435. The van der Waals surface area contributed by atoms with Crippen molar-refractivity contribution in [3.05, 3.63) is 77.9 Å². The number of amides is 3. The molecule has 212 valence electrons. The summed E-state index contributed by atoms with van der Waals surface area (Å²) in [7, 11) is -4.76. The van der Waals surface area contributed by atoms with Gasteiger partial charge in [-0.3, -0.25) is 24.2 Å². The molecular formula is C27H30N3O9P. The molecule has 3 rings (SSSR count). The number of phosphoric acid groups is 1. The molecule has 3 atom stereocenters. The van der Waals surface area contributed by atoms with Gasteiger partial charge < -0.3 is 25.6 Å². The molecule has 3 unspecified atom stereocenters. The third-order valence-electron chi connectivity index (χ3n) is 6.11. The lowest BCUT2D eigenvalue weighted by molar-refractivity contribution is -0.143. The Hall–Kier alpha value is -4.25. The number of carbonyl (C=O) groups excluding carboxylic acids is 3. The molecule has 0 saturated heterocycles. The second-order valence-electron chi connectivity index (χ2n) is 9.12. The standard InChI is InChI=1S/C27H30N3O9P/c1-16(18-10-12-21(13-11-18)39-40(36,37)38)26(33)30-23(25(27(34)35)29-17(2)31)14-24(32)28-15-20-8-5-7-19-6-3-4-9-22(19)20/h3-13,16,23,25H,14-15H2,1-2H3,(H,28,32)(H,29,31)(H,30,33)(H,34,35)(H2,36,37,38). The first-order valence-corrected chi connectivity index (χ1v) is 13.8. The van der Waals surface area contributed by atoms with E-state index in [2.05, 4.69) is 20.5 Å². The lowest BCUT2D eigenvalue weighted by Gasteiger charge is -2.26. The van der Waals surface area contributed by atoms with Crippen LogP contribution in [0.2, 0.25) is 0 Å². The second kappa shape index (κ2) is 13.2. The first kappa shape index (κ1) is 30.3. The van der Waals surface area contributed by atoms with E-state index in [9.17, 15) is 28.8 Å².